The zero-order valence-corrected chi connectivity index (χ0v) is 15.0. The van der Waals surface area contributed by atoms with E-state index in [1.54, 1.807) is 0 Å². The van der Waals surface area contributed by atoms with E-state index in [0.29, 0.717) is 5.56 Å². The molecule has 0 unspecified atom stereocenters. The van der Waals surface area contributed by atoms with Crippen molar-refractivity contribution in [2.45, 2.75) is 26.4 Å². The zero-order valence-electron chi connectivity index (χ0n) is 15.0. The minimum atomic E-state index is -0.226. The van der Waals surface area contributed by atoms with E-state index in [9.17, 15) is 9.18 Å². The number of halogens is 1. The molecule has 26 heavy (non-hydrogen) atoms. The molecule has 0 N–H and O–H groups in total. The lowest BCUT2D eigenvalue weighted by Gasteiger charge is -2.29. The fourth-order valence-electron chi connectivity index (χ4n) is 3.05. The van der Waals surface area contributed by atoms with Crippen LogP contribution in [0.4, 0.5) is 10.1 Å². The van der Waals surface area contributed by atoms with Crippen LogP contribution in [0.15, 0.2) is 72.8 Å². The normalized spacial score (nSPS) is 10.8. The Morgan fingerprint density at radius 2 is 1.58 bits per heavy atom. The van der Waals surface area contributed by atoms with Crippen LogP contribution in [-0.4, -0.2) is 12.3 Å². The first-order valence-corrected chi connectivity index (χ1v) is 8.74. The quantitative estimate of drug-likeness (QED) is 0.532. The van der Waals surface area contributed by atoms with Crippen molar-refractivity contribution >= 4 is 12.0 Å². The summed E-state index contributed by atoms with van der Waals surface area (Å²) in [4.78, 5) is 13.5. The fraction of sp³-hybridized carbons (Fsp3) is 0.174. The van der Waals surface area contributed by atoms with Crippen LogP contribution in [0.3, 0.4) is 0 Å². The molecule has 0 saturated heterocycles. The standard InChI is InChI=1S/C23H22FNO/c1-17(2)25(22-13-11-21(24)12-14-22)15-18-7-9-19(10-8-18)23-6-4-3-5-20(23)16-26/h3-14,16-17H,15H2,1-2H3. The van der Waals surface area contributed by atoms with Gasteiger partial charge in [0.1, 0.15) is 5.82 Å². The molecule has 0 atom stereocenters. The summed E-state index contributed by atoms with van der Waals surface area (Å²) < 4.78 is 13.2. The Labute approximate surface area is 153 Å². The molecule has 0 aromatic heterocycles. The van der Waals surface area contributed by atoms with Crippen LogP contribution in [0.25, 0.3) is 11.1 Å². The molecule has 0 aliphatic rings. The van der Waals surface area contributed by atoms with Gasteiger partial charge in [-0.15, -0.1) is 0 Å². The second-order valence-corrected chi connectivity index (χ2v) is 6.60. The summed E-state index contributed by atoms with van der Waals surface area (Å²) in [5.74, 6) is -0.226. The minimum Gasteiger partial charge on any atom is -0.365 e. The van der Waals surface area contributed by atoms with Gasteiger partial charge in [0, 0.05) is 23.8 Å². The lowest BCUT2D eigenvalue weighted by atomic mass is 9.99. The highest BCUT2D eigenvalue weighted by Gasteiger charge is 2.12. The Hall–Kier alpha value is -2.94. The number of rotatable bonds is 6. The van der Waals surface area contributed by atoms with Crippen LogP contribution in [0.2, 0.25) is 0 Å². The van der Waals surface area contributed by atoms with Crippen LogP contribution >= 0.6 is 0 Å². The third kappa shape index (κ3) is 3.99. The molecular weight excluding hydrogens is 325 g/mol. The first-order valence-electron chi connectivity index (χ1n) is 8.74. The zero-order chi connectivity index (χ0) is 18.5. The number of aldehydes is 1. The molecule has 132 valence electrons. The molecule has 0 bridgehead atoms. The van der Waals surface area contributed by atoms with E-state index in [-0.39, 0.29) is 11.9 Å². The van der Waals surface area contributed by atoms with Gasteiger partial charge in [0.05, 0.1) is 0 Å². The smallest absolute Gasteiger partial charge is 0.150 e. The molecule has 0 aliphatic carbocycles. The molecule has 0 radical (unpaired) electrons. The first-order chi connectivity index (χ1) is 12.6. The third-order valence-corrected chi connectivity index (χ3v) is 4.49. The topological polar surface area (TPSA) is 20.3 Å². The molecular formula is C23H22FNO. The highest BCUT2D eigenvalue weighted by molar-refractivity contribution is 5.87. The van der Waals surface area contributed by atoms with Crippen molar-refractivity contribution < 1.29 is 9.18 Å². The van der Waals surface area contributed by atoms with Gasteiger partial charge in [-0.25, -0.2) is 4.39 Å². The lowest BCUT2D eigenvalue weighted by Crippen LogP contribution is -2.30. The Kier molecular flexibility index (Phi) is 5.47. The Bertz CT molecular complexity index is 869. The molecule has 0 amide bonds. The monoisotopic (exact) mass is 347 g/mol. The van der Waals surface area contributed by atoms with Gasteiger partial charge in [0.2, 0.25) is 0 Å². The van der Waals surface area contributed by atoms with Crippen molar-refractivity contribution in [2.75, 3.05) is 4.90 Å². The van der Waals surface area contributed by atoms with Crippen LogP contribution in [-0.2, 0) is 6.54 Å². The highest BCUT2D eigenvalue weighted by atomic mass is 19.1. The van der Waals surface area contributed by atoms with Crippen LogP contribution in [0, 0.1) is 5.82 Å². The largest absolute Gasteiger partial charge is 0.365 e. The molecule has 0 spiro atoms. The average Bonchev–Trinajstić information content (AvgIpc) is 2.67. The average molecular weight is 347 g/mol. The molecule has 3 aromatic rings. The van der Waals surface area contributed by atoms with Gasteiger partial charge in [-0.2, -0.15) is 0 Å². The minimum absolute atomic E-state index is 0.226. The Morgan fingerprint density at radius 3 is 2.19 bits per heavy atom. The Morgan fingerprint density at radius 1 is 0.923 bits per heavy atom. The van der Waals surface area contributed by atoms with E-state index < -0.39 is 0 Å². The predicted molar refractivity (Wildman–Crippen MR) is 105 cm³/mol. The molecule has 3 rings (SSSR count). The van der Waals surface area contributed by atoms with E-state index in [1.165, 1.54) is 12.1 Å². The van der Waals surface area contributed by atoms with Crippen molar-refractivity contribution in [1.29, 1.82) is 0 Å². The molecule has 3 heteroatoms. The number of carbonyl (C=O) groups is 1. The van der Waals surface area contributed by atoms with Gasteiger partial charge in [-0.05, 0) is 54.8 Å². The molecule has 3 aromatic carbocycles. The van der Waals surface area contributed by atoms with Gasteiger partial charge in [0.25, 0.3) is 0 Å². The summed E-state index contributed by atoms with van der Waals surface area (Å²) in [6, 6.07) is 22.7. The fourth-order valence-corrected chi connectivity index (χ4v) is 3.05. The van der Waals surface area contributed by atoms with Crippen molar-refractivity contribution in [2.24, 2.45) is 0 Å². The van der Waals surface area contributed by atoms with Gasteiger partial charge < -0.3 is 4.90 Å². The molecule has 0 heterocycles. The molecule has 0 saturated carbocycles. The summed E-state index contributed by atoms with van der Waals surface area (Å²) in [5.41, 5.74) is 4.81. The lowest BCUT2D eigenvalue weighted by molar-refractivity contribution is 0.112. The highest BCUT2D eigenvalue weighted by Crippen LogP contribution is 2.25. The summed E-state index contributed by atoms with van der Waals surface area (Å²) in [6.45, 7) is 4.98. The number of carbonyl (C=O) groups excluding carboxylic acids is 1. The number of hydrogen-bond acceptors (Lipinski definition) is 2. The van der Waals surface area contributed by atoms with E-state index in [2.05, 4.69) is 30.9 Å². The molecule has 0 aliphatic heterocycles. The third-order valence-electron chi connectivity index (χ3n) is 4.49. The number of anilines is 1. The van der Waals surface area contributed by atoms with Gasteiger partial charge in [-0.1, -0.05) is 48.5 Å². The molecule has 2 nitrogen and oxygen atoms in total. The van der Waals surface area contributed by atoms with Gasteiger partial charge in [-0.3, -0.25) is 4.79 Å². The molecule has 0 fully saturated rings. The maximum absolute atomic E-state index is 13.2. The Balaban J connectivity index is 1.83. The van der Waals surface area contributed by atoms with Gasteiger partial charge in [0.15, 0.2) is 6.29 Å². The number of benzene rings is 3. The SMILES string of the molecule is CC(C)N(Cc1ccc(-c2ccccc2C=O)cc1)c1ccc(F)cc1. The van der Waals surface area contributed by atoms with Crippen molar-refractivity contribution in [3.05, 3.63) is 89.7 Å². The second-order valence-electron chi connectivity index (χ2n) is 6.60. The van der Waals surface area contributed by atoms with Crippen LogP contribution in [0.1, 0.15) is 29.8 Å². The van der Waals surface area contributed by atoms with Crippen LogP contribution in [0.5, 0.6) is 0 Å². The summed E-state index contributed by atoms with van der Waals surface area (Å²) in [7, 11) is 0. The van der Waals surface area contributed by atoms with Crippen molar-refractivity contribution in [3.63, 3.8) is 0 Å². The van der Waals surface area contributed by atoms with E-state index >= 15 is 0 Å². The predicted octanol–water partition coefficient (Wildman–Crippen LogP) is 5.72. The van der Waals surface area contributed by atoms with E-state index in [1.807, 2.05) is 48.5 Å². The summed E-state index contributed by atoms with van der Waals surface area (Å²) in [6.07, 6.45) is 0.887. The summed E-state index contributed by atoms with van der Waals surface area (Å²) in [5, 5.41) is 0. The van der Waals surface area contributed by atoms with E-state index in [0.717, 1.165) is 35.2 Å². The number of nitrogens with zero attached hydrogens (tertiary/aromatic N) is 1. The first kappa shape index (κ1) is 17.9. The summed E-state index contributed by atoms with van der Waals surface area (Å²) >= 11 is 0. The maximum atomic E-state index is 13.2. The van der Waals surface area contributed by atoms with E-state index in [4.69, 9.17) is 0 Å². The van der Waals surface area contributed by atoms with Crippen molar-refractivity contribution in [1.82, 2.24) is 0 Å². The maximum Gasteiger partial charge on any atom is 0.150 e. The number of hydrogen-bond donors (Lipinski definition) is 0. The van der Waals surface area contributed by atoms with Crippen LogP contribution < -0.4 is 4.90 Å². The van der Waals surface area contributed by atoms with Gasteiger partial charge >= 0.3 is 0 Å². The van der Waals surface area contributed by atoms with Crippen molar-refractivity contribution in [3.8, 4) is 11.1 Å². The second kappa shape index (κ2) is 7.96.